The number of hydrazone groups is 1. The van der Waals surface area contributed by atoms with E-state index in [2.05, 4.69) is 15.8 Å². The van der Waals surface area contributed by atoms with Gasteiger partial charge in [0.05, 0.1) is 16.3 Å². The number of nitrogens with one attached hydrogen (secondary N) is 2. The number of sulfonamides is 1. The fraction of sp³-hybridized carbons (Fsp3) is 0.192. The maximum absolute atomic E-state index is 13.5. The van der Waals surface area contributed by atoms with E-state index in [1.807, 2.05) is 6.92 Å². The standard InChI is InChI=1S/C26H28N4O4S/c1-18-9-15-24(16-10-18)35(33,34)30(25-8-6-5-7-19(25)2)17-26(32)29-28-20(3)22-11-13-23(14-12-22)27-21(4)31/h5-16H,17H2,1-4H3,(H,27,31)(H,29,32)/b28-20-. The molecule has 182 valence electrons. The summed E-state index contributed by atoms with van der Waals surface area (Å²) in [5, 5.41) is 6.81. The first-order chi connectivity index (χ1) is 16.6. The van der Waals surface area contributed by atoms with E-state index in [0.717, 1.165) is 21.0 Å². The predicted molar refractivity (Wildman–Crippen MR) is 138 cm³/mol. The Kier molecular flexibility index (Phi) is 8.03. The smallest absolute Gasteiger partial charge is 0.264 e. The van der Waals surface area contributed by atoms with E-state index in [1.165, 1.54) is 19.1 Å². The van der Waals surface area contributed by atoms with Crippen LogP contribution in [0.1, 0.15) is 30.5 Å². The van der Waals surface area contributed by atoms with Crippen LogP contribution < -0.4 is 15.0 Å². The number of nitrogens with zero attached hydrogens (tertiary/aromatic N) is 2. The number of aryl methyl sites for hydroxylation is 2. The minimum atomic E-state index is -4.00. The number of anilines is 2. The fourth-order valence-corrected chi connectivity index (χ4v) is 4.84. The SMILES string of the molecule is CC(=O)Nc1ccc(/C(C)=N\NC(=O)CN(c2ccccc2C)S(=O)(=O)c2ccc(C)cc2)cc1. The highest BCUT2D eigenvalue weighted by Crippen LogP contribution is 2.26. The Bertz CT molecular complexity index is 1350. The van der Waals surface area contributed by atoms with Crippen molar-refractivity contribution in [3.63, 3.8) is 0 Å². The summed E-state index contributed by atoms with van der Waals surface area (Å²) in [6, 6.07) is 20.5. The average molecular weight is 493 g/mol. The van der Waals surface area contributed by atoms with E-state index in [4.69, 9.17) is 0 Å². The summed E-state index contributed by atoms with van der Waals surface area (Å²) in [4.78, 5) is 24.1. The molecule has 0 fully saturated rings. The Morgan fingerprint density at radius 1 is 0.886 bits per heavy atom. The van der Waals surface area contributed by atoms with Crippen molar-refractivity contribution in [2.75, 3.05) is 16.2 Å². The van der Waals surface area contributed by atoms with Crippen LogP contribution in [-0.4, -0.2) is 32.5 Å². The van der Waals surface area contributed by atoms with Gasteiger partial charge in [0.15, 0.2) is 0 Å². The molecule has 3 rings (SSSR count). The fourth-order valence-electron chi connectivity index (χ4n) is 3.35. The third-order valence-corrected chi connectivity index (χ3v) is 7.03. The Morgan fingerprint density at radius 3 is 2.11 bits per heavy atom. The van der Waals surface area contributed by atoms with Crippen molar-refractivity contribution in [2.24, 2.45) is 5.10 Å². The molecule has 9 heteroatoms. The van der Waals surface area contributed by atoms with Crippen molar-refractivity contribution in [2.45, 2.75) is 32.6 Å². The molecule has 0 heterocycles. The maximum atomic E-state index is 13.5. The quantitative estimate of drug-likeness (QED) is 0.366. The summed E-state index contributed by atoms with van der Waals surface area (Å²) < 4.78 is 28.1. The number of carbonyl (C=O) groups excluding carboxylic acids is 2. The lowest BCUT2D eigenvalue weighted by Gasteiger charge is -2.25. The first-order valence-electron chi connectivity index (χ1n) is 10.9. The molecule has 0 unspecified atom stereocenters. The molecule has 35 heavy (non-hydrogen) atoms. The number of benzene rings is 3. The van der Waals surface area contributed by atoms with E-state index in [1.54, 1.807) is 74.5 Å². The monoisotopic (exact) mass is 492 g/mol. The average Bonchev–Trinajstić information content (AvgIpc) is 2.82. The van der Waals surface area contributed by atoms with Gasteiger partial charge in [0.25, 0.3) is 15.9 Å². The van der Waals surface area contributed by atoms with Gasteiger partial charge >= 0.3 is 0 Å². The molecule has 2 N–H and O–H groups in total. The topological polar surface area (TPSA) is 108 Å². The lowest BCUT2D eigenvalue weighted by Crippen LogP contribution is -2.40. The Morgan fingerprint density at radius 2 is 1.51 bits per heavy atom. The van der Waals surface area contributed by atoms with Gasteiger partial charge in [-0.1, -0.05) is 48.0 Å². The van der Waals surface area contributed by atoms with Gasteiger partial charge in [-0.2, -0.15) is 5.10 Å². The molecule has 2 amide bonds. The molecule has 0 aliphatic heterocycles. The Labute approximate surface area is 205 Å². The molecular weight excluding hydrogens is 464 g/mol. The van der Waals surface area contributed by atoms with E-state index in [0.29, 0.717) is 17.1 Å². The predicted octanol–water partition coefficient (Wildman–Crippen LogP) is 4.00. The summed E-state index contributed by atoms with van der Waals surface area (Å²) in [5.41, 5.74) is 6.42. The van der Waals surface area contributed by atoms with Crippen molar-refractivity contribution in [1.29, 1.82) is 0 Å². The van der Waals surface area contributed by atoms with Crippen LogP contribution in [0.2, 0.25) is 0 Å². The van der Waals surface area contributed by atoms with E-state index < -0.39 is 22.5 Å². The van der Waals surface area contributed by atoms with Crippen molar-refractivity contribution < 1.29 is 18.0 Å². The van der Waals surface area contributed by atoms with Crippen LogP contribution in [0, 0.1) is 13.8 Å². The number of carbonyl (C=O) groups is 2. The number of hydrogen-bond donors (Lipinski definition) is 2. The second kappa shape index (κ2) is 11.0. The van der Waals surface area contributed by atoms with Crippen LogP contribution in [0.15, 0.2) is 82.8 Å². The molecule has 3 aromatic rings. The maximum Gasteiger partial charge on any atom is 0.264 e. The lowest BCUT2D eigenvalue weighted by atomic mass is 10.1. The van der Waals surface area contributed by atoms with E-state index in [9.17, 15) is 18.0 Å². The summed E-state index contributed by atoms with van der Waals surface area (Å²) >= 11 is 0. The van der Waals surface area contributed by atoms with Crippen molar-refractivity contribution in [1.82, 2.24) is 5.43 Å². The van der Waals surface area contributed by atoms with Gasteiger partial charge in [-0.3, -0.25) is 13.9 Å². The van der Waals surface area contributed by atoms with Crippen molar-refractivity contribution in [3.05, 3.63) is 89.5 Å². The Hall–Kier alpha value is -3.98. The van der Waals surface area contributed by atoms with Crippen molar-refractivity contribution in [3.8, 4) is 0 Å². The molecule has 0 bridgehead atoms. The van der Waals surface area contributed by atoms with Gasteiger partial charge in [-0.05, 0) is 62.2 Å². The summed E-state index contributed by atoms with van der Waals surface area (Å²) in [5.74, 6) is -0.757. The summed E-state index contributed by atoms with van der Waals surface area (Å²) in [7, 11) is -4.00. The molecule has 8 nitrogen and oxygen atoms in total. The lowest BCUT2D eigenvalue weighted by molar-refractivity contribution is -0.119. The zero-order valence-electron chi connectivity index (χ0n) is 20.1. The molecule has 0 saturated carbocycles. The molecule has 0 radical (unpaired) electrons. The highest BCUT2D eigenvalue weighted by molar-refractivity contribution is 7.92. The first kappa shape index (κ1) is 25.6. The van der Waals surface area contributed by atoms with Crippen LogP contribution in [0.5, 0.6) is 0 Å². The van der Waals surface area contributed by atoms with Gasteiger partial charge in [-0.15, -0.1) is 0 Å². The van der Waals surface area contributed by atoms with E-state index >= 15 is 0 Å². The van der Waals surface area contributed by atoms with Gasteiger partial charge in [0.1, 0.15) is 6.54 Å². The molecule has 0 aliphatic rings. The molecule has 0 aromatic heterocycles. The van der Waals surface area contributed by atoms with Gasteiger partial charge < -0.3 is 5.32 Å². The Balaban J connectivity index is 1.82. The number of para-hydroxylation sites is 1. The molecule has 0 saturated heterocycles. The number of hydrogen-bond acceptors (Lipinski definition) is 5. The molecular formula is C26H28N4O4S. The van der Waals surface area contributed by atoms with Crippen LogP contribution in [0.4, 0.5) is 11.4 Å². The summed E-state index contributed by atoms with van der Waals surface area (Å²) in [6.07, 6.45) is 0. The van der Waals surface area contributed by atoms with Crippen LogP contribution in [0.3, 0.4) is 0 Å². The number of amides is 2. The number of rotatable bonds is 8. The van der Waals surface area contributed by atoms with Crippen LogP contribution >= 0.6 is 0 Å². The second-order valence-corrected chi connectivity index (χ2v) is 9.96. The van der Waals surface area contributed by atoms with Gasteiger partial charge in [0.2, 0.25) is 5.91 Å². The first-order valence-corrected chi connectivity index (χ1v) is 12.4. The molecule has 0 atom stereocenters. The minimum Gasteiger partial charge on any atom is -0.326 e. The highest BCUT2D eigenvalue weighted by Gasteiger charge is 2.28. The third-order valence-electron chi connectivity index (χ3n) is 5.25. The molecule has 3 aromatic carbocycles. The molecule has 0 aliphatic carbocycles. The highest BCUT2D eigenvalue weighted by atomic mass is 32.2. The van der Waals surface area contributed by atoms with Crippen LogP contribution in [-0.2, 0) is 19.6 Å². The van der Waals surface area contributed by atoms with E-state index in [-0.39, 0.29) is 10.8 Å². The minimum absolute atomic E-state index is 0.0955. The van der Waals surface area contributed by atoms with Gasteiger partial charge in [-0.25, -0.2) is 13.8 Å². The second-order valence-electron chi connectivity index (χ2n) is 8.10. The normalized spacial score (nSPS) is 11.6. The zero-order chi connectivity index (χ0) is 25.6. The zero-order valence-corrected chi connectivity index (χ0v) is 20.9. The van der Waals surface area contributed by atoms with Crippen molar-refractivity contribution >= 4 is 38.9 Å². The summed E-state index contributed by atoms with van der Waals surface area (Å²) in [6.45, 7) is 6.36. The third kappa shape index (κ3) is 6.54. The molecule has 0 spiro atoms. The van der Waals surface area contributed by atoms with Gasteiger partial charge in [0, 0.05) is 12.6 Å². The van der Waals surface area contributed by atoms with Crippen LogP contribution in [0.25, 0.3) is 0 Å². The largest absolute Gasteiger partial charge is 0.326 e.